The summed E-state index contributed by atoms with van der Waals surface area (Å²) in [5.74, 6) is 0.829. The fourth-order valence-electron chi connectivity index (χ4n) is 4.45. The van der Waals surface area contributed by atoms with Gasteiger partial charge < -0.3 is 14.4 Å². The number of aromatic nitrogens is 2. The molecule has 5 rings (SSSR count). The Morgan fingerprint density at radius 3 is 2.00 bits per heavy atom. The highest BCUT2D eigenvalue weighted by Crippen LogP contribution is 2.26. The third-order valence-electron chi connectivity index (χ3n) is 6.42. The Hall–Kier alpha value is -4.15. The second-order valence-corrected chi connectivity index (χ2v) is 11.0. The number of anilines is 1. The van der Waals surface area contributed by atoms with Crippen molar-refractivity contribution in [1.29, 1.82) is 0 Å². The summed E-state index contributed by atoms with van der Waals surface area (Å²) in [6, 6.07) is 27.7. The first-order chi connectivity index (χ1) is 19.0. The molecular weight excluding hydrogens is 516 g/mol. The van der Waals surface area contributed by atoms with E-state index in [0.717, 1.165) is 5.56 Å². The van der Waals surface area contributed by atoms with E-state index in [2.05, 4.69) is 5.10 Å². The number of hydrogen-bond donors (Lipinski definition) is 0. The van der Waals surface area contributed by atoms with Crippen LogP contribution in [0.15, 0.2) is 102 Å². The van der Waals surface area contributed by atoms with Crippen LogP contribution in [0.25, 0.3) is 5.69 Å². The molecule has 0 saturated carbocycles. The predicted octanol–water partition coefficient (Wildman–Crippen LogP) is 3.34. The molecule has 10 heteroatoms. The standard InChI is InChI=1S/C29H30N4O5S/c34-29-28(38-21-20-37-26-14-8-3-9-15-26)27(22-30-33(29)25-12-6-2-7-13-25)31-16-18-32(19-17-31)39(35,36)23-24-10-4-1-5-11-24/h1-15,22H,16-21,23H2. The molecular formula is C29H30N4O5S. The molecule has 0 bridgehead atoms. The maximum atomic E-state index is 13.5. The second-order valence-electron chi connectivity index (χ2n) is 9.05. The summed E-state index contributed by atoms with van der Waals surface area (Å²) in [5, 5.41) is 4.40. The van der Waals surface area contributed by atoms with Gasteiger partial charge in [-0.05, 0) is 29.8 Å². The highest BCUT2D eigenvalue weighted by atomic mass is 32.2. The van der Waals surface area contributed by atoms with Crippen LogP contribution < -0.4 is 19.9 Å². The topological polar surface area (TPSA) is 94.0 Å². The zero-order chi connectivity index (χ0) is 27.1. The van der Waals surface area contributed by atoms with Crippen LogP contribution in [0.4, 0.5) is 5.69 Å². The summed E-state index contributed by atoms with van der Waals surface area (Å²) < 4.78 is 40.6. The van der Waals surface area contributed by atoms with E-state index in [9.17, 15) is 13.2 Å². The summed E-state index contributed by atoms with van der Waals surface area (Å²) in [6.07, 6.45) is 1.61. The molecule has 1 aliphatic rings. The molecule has 0 N–H and O–H groups in total. The largest absolute Gasteiger partial charge is 0.490 e. The molecule has 0 unspecified atom stereocenters. The van der Waals surface area contributed by atoms with Crippen LogP contribution in [0.2, 0.25) is 0 Å². The molecule has 3 aromatic carbocycles. The van der Waals surface area contributed by atoms with Crippen LogP contribution in [0, 0.1) is 0 Å². The van der Waals surface area contributed by atoms with Crippen molar-refractivity contribution in [2.45, 2.75) is 5.75 Å². The number of sulfonamides is 1. The Kier molecular flexibility index (Phi) is 8.24. The lowest BCUT2D eigenvalue weighted by molar-refractivity contribution is 0.214. The monoisotopic (exact) mass is 546 g/mol. The first kappa shape index (κ1) is 26.5. The molecule has 1 saturated heterocycles. The number of nitrogens with zero attached hydrogens (tertiary/aromatic N) is 4. The van der Waals surface area contributed by atoms with Crippen LogP contribution in [0.3, 0.4) is 0 Å². The van der Waals surface area contributed by atoms with E-state index >= 15 is 0 Å². The summed E-state index contributed by atoms with van der Waals surface area (Å²) in [4.78, 5) is 15.5. The van der Waals surface area contributed by atoms with Crippen molar-refractivity contribution in [2.24, 2.45) is 0 Å². The number of hydrogen-bond acceptors (Lipinski definition) is 7. The molecule has 39 heavy (non-hydrogen) atoms. The van der Waals surface area contributed by atoms with E-state index in [-0.39, 0.29) is 24.7 Å². The molecule has 0 amide bonds. The molecule has 9 nitrogen and oxygen atoms in total. The average molecular weight is 547 g/mol. The van der Waals surface area contributed by atoms with Crippen molar-refractivity contribution in [1.82, 2.24) is 14.1 Å². The lowest BCUT2D eigenvalue weighted by atomic mass is 10.2. The van der Waals surface area contributed by atoms with E-state index in [1.165, 1.54) is 8.99 Å². The van der Waals surface area contributed by atoms with E-state index in [4.69, 9.17) is 9.47 Å². The van der Waals surface area contributed by atoms with Gasteiger partial charge in [-0.25, -0.2) is 8.42 Å². The van der Waals surface area contributed by atoms with Crippen LogP contribution in [-0.4, -0.2) is 61.9 Å². The lowest BCUT2D eigenvalue weighted by Crippen LogP contribution is -2.49. The fourth-order valence-corrected chi connectivity index (χ4v) is 5.96. The van der Waals surface area contributed by atoms with Gasteiger partial charge in [-0.2, -0.15) is 14.1 Å². The quantitative estimate of drug-likeness (QED) is 0.282. The van der Waals surface area contributed by atoms with Gasteiger partial charge in [0.25, 0.3) is 0 Å². The number of ether oxygens (including phenoxy) is 2. The average Bonchev–Trinajstić information content (AvgIpc) is 2.97. The molecule has 0 radical (unpaired) electrons. The Balaban J connectivity index is 1.32. The molecule has 1 aliphatic heterocycles. The zero-order valence-corrected chi connectivity index (χ0v) is 22.2. The minimum absolute atomic E-state index is 0.0434. The van der Waals surface area contributed by atoms with Crippen molar-refractivity contribution in [3.63, 3.8) is 0 Å². The Morgan fingerprint density at radius 1 is 0.744 bits per heavy atom. The van der Waals surface area contributed by atoms with Gasteiger partial charge in [0.2, 0.25) is 15.8 Å². The van der Waals surface area contributed by atoms with Gasteiger partial charge in [0.05, 0.1) is 17.6 Å². The van der Waals surface area contributed by atoms with Gasteiger partial charge in [-0.15, -0.1) is 0 Å². The van der Waals surface area contributed by atoms with Crippen LogP contribution >= 0.6 is 0 Å². The maximum absolute atomic E-state index is 13.5. The highest BCUT2D eigenvalue weighted by molar-refractivity contribution is 7.88. The predicted molar refractivity (Wildman–Crippen MR) is 150 cm³/mol. The maximum Gasteiger partial charge on any atom is 0.316 e. The smallest absolute Gasteiger partial charge is 0.316 e. The van der Waals surface area contributed by atoms with Crippen molar-refractivity contribution < 1.29 is 17.9 Å². The lowest BCUT2D eigenvalue weighted by Gasteiger charge is -2.35. The van der Waals surface area contributed by atoms with Gasteiger partial charge in [0.1, 0.15) is 24.7 Å². The van der Waals surface area contributed by atoms with E-state index in [1.54, 1.807) is 18.3 Å². The molecule has 1 aromatic heterocycles. The number of piperazine rings is 1. The van der Waals surface area contributed by atoms with E-state index in [1.807, 2.05) is 83.8 Å². The summed E-state index contributed by atoms with van der Waals surface area (Å²) in [7, 11) is -3.47. The normalized spacial score (nSPS) is 14.2. The highest BCUT2D eigenvalue weighted by Gasteiger charge is 2.29. The number of para-hydroxylation sites is 2. The van der Waals surface area contributed by atoms with Crippen molar-refractivity contribution in [2.75, 3.05) is 44.3 Å². The van der Waals surface area contributed by atoms with Crippen LogP contribution in [0.1, 0.15) is 5.56 Å². The number of benzene rings is 3. The molecule has 4 aromatic rings. The van der Waals surface area contributed by atoms with Gasteiger partial charge in [0.15, 0.2) is 0 Å². The van der Waals surface area contributed by atoms with Gasteiger partial charge in [-0.1, -0.05) is 66.7 Å². The Morgan fingerprint density at radius 2 is 1.33 bits per heavy atom. The third kappa shape index (κ3) is 6.47. The fraction of sp³-hybridized carbons (Fsp3) is 0.241. The third-order valence-corrected chi connectivity index (χ3v) is 8.27. The SMILES string of the molecule is O=c1c(OCCOc2ccccc2)c(N2CCN(S(=O)(=O)Cc3ccccc3)CC2)cnn1-c1ccccc1. The summed E-state index contributed by atoms with van der Waals surface area (Å²) >= 11 is 0. The minimum Gasteiger partial charge on any atom is -0.490 e. The molecule has 1 fully saturated rings. The zero-order valence-electron chi connectivity index (χ0n) is 21.4. The van der Waals surface area contributed by atoms with Crippen molar-refractivity contribution >= 4 is 15.7 Å². The summed E-state index contributed by atoms with van der Waals surface area (Å²) in [6.45, 7) is 1.81. The van der Waals surface area contributed by atoms with Crippen LogP contribution in [0.5, 0.6) is 11.5 Å². The molecule has 202 valence electrons. The van der Waals surface area contributed by atoms with E-state index < -0.39 is 15.6 Å². The second kappa shape index (κ2) is 12.1. The van der Waals surface area contributed by atoms with Gasteiger partial charge >= 0.3 is 5.56 Å². The molecule has 0 aliphatic carbocycles. The molecule has 0 spiro atoms. The number of rotatable bonds is 10. The van der Waals surface area contributed by atoms with Gasteiger partial charge in [-0.3, -0.25) is 4.79 Å². The Labute approximate surface area is 227 Å². The first-order valence-electron chi connectivity index (χ1n) is 12.8. The molecule has 2 heterocycles. The minimum atomic E-state index is -3.47. The summed E-state index contributed by atoms with van der Waals surface area (Å²) in [5.41, 5.74) is 1.52. The molecule has 0 atom stereocenters. The first-order valence-corrected chi connectivity index (χ1v) is 14.4. The van der Waals surface area contributed by atoms with Crippen molar-refractivity contribution in [3.05, 3.63) is 113 Å². The van der Waals surface area contributed by atoms with Crippen LogP contribution in [-0.2, 0) is 15.8 Å². The van der Waals surface area contributed by atoms with Crippen molar-refractivity contribution in [3.8, 4) is 17.2 Å². The van der Waals surface area contributed by atoms with Gasteiger partial charge in [0, 0.05) is 26.2 Å². The Bertz CT molecular complexity index is 1520. The van der Waals surface area contributed by atoms with E-state index in [0.29, 0.717) is 43.3 Å².